The van der Waals surface area contributed by atoms with Gasteiger partial charge in [0.2, 0.25) is 5.91 Å². The smallest absolute Gasteiger partial charge is 0.226 e. The molecule has 1 saturated carbocycles. The third kappa shape index (κ3) is 2.17. The van der Waals surface area contributed by atoms with Gasteiger partial charge in [0.25, 0.3) is 0 Å². The Morgan fingerprint density at radius 2 is 2.33 bits per heavy atom. The van der Waals surface area contributed by atoms with Crippen LogP contribution < -0.4 is 5.32 Å². The molecule has 1 saturated heterocycles. The number of amides is 1. The van der Waals surface area contributed by atoms with Gasteiger partial charge in [0, 0.05) is 25.0 Å². The van der Waals surface area contributed by atoms with Crippen molar-refractivity contribution in [3.05, 3.63) is 0 Å². The molecule has 1 N–H and O–H groups in total. The number of nitrogens with zero attached hydrogens (tertiary/aromatic N) is 1. The van der Waals surface area contributed by atoms with Gasteiger partial charge < -0.3 is 10.2 Å². The molecule has 0 aromatic heterocycles. The first-order valence-electron chi connectivity index (χ1n) is 6.23. The number of carbonyl (C=O) groups excluding carboxylic acids is 1. The lowest BCUT2D eigenvalue weighted by Crippen LogP contribution is -2.43. The Morgan fingerprint density at radius 1 is 1.53 bits per heavy atom. The fourth-order valence-electron chi connectivity index (χ4n) is 2.93. The number of carbonyl (C=O) groups is 1. The van der Waals surface area contributed by atoms with Crippen LogP contribution >= 0.6 is 0 Å². The summed E-state index contributed by atoms with van der Waals surface area (Å²) in [6.07, 6.45) is 3.85. The summed E-state index contributed by atoms with van der Waals surface area (Å²) in [5.41, 5.74) is 0. The predicted octanol–water partition coefficient (Wildman–Crippen LogP) is 1.24. The van der Waals surface area contributed by atoms with Crippen molar-refractivity contribution in [3.63, 3.8) is 0 Å². The van der Waals surface area contributed by atoms with Crippen molar-refractivity contribution in [3.8, 4) is 0 Å². The van der Waals surface area contributed by atoms with E-state index >= 15 is 0 Å². The summed E-state index contributed by atoms with van der Waals surface area (Å²) in [6.45, 7) is 6.92. The second kappa shape index (κ2) is 4.52. The molecule has 3 nitrogen and oxygen atoms in total. The van der Waals surface area contributed by atoms with E-state index in [0.29, 0.717) is 11.9 Å². The standard InChI is InChI=1S/C12H22N2O/c1-3-13-7-9(2)12(15)14-8-10-4-5-11(14)6-10/h9-11,13H,3-8H2,1-2H3. The monoisotopic (exact) mass is 210 g/mol. The van der Waals surface area contributed by atoms with Gasteiger partial charge in [-0.3, -0.25) is 4.79 Å². The summed E-state index contributed by atoms with van der Waals surface area (Å²) < 4.78 is 0. The quantitative estimate of drug-likeness (QED) is 0.757. The molecule has 0 aromatic carbocycles. The minimum Gasteiger partial charge on any atom is -0.339 e. The summed E-state index contributed by atoms with van der Waals surface area (Å²) >= 11 is 0. The van der Waals surface area contributed by atoms with E-state index in [4.69, 9.17) is 0 Å². The van der Waals surface area contributed by atoms with E-state index in [2.05, 4.69) is 17.1 Å². The van der Waals surface area contributed by atoms with Crippen LogP contribution in [0.25, 0.3) is 0 Å². The Hall–Kier alpha value is -0.570. The molecule has 1 heterocycles. The molecule has 0 radical (unpaired) electrons. The molecule has 2 rings (SSSR count). The van der Waals surface area contributed by atoms with Crippen molar-refractivity contribution in [1.82, 2.24) is 10.2 Å². The topological polar surface area (TPSA) is 32.3 Å². The minimum atomic E-state index is 0.143. The van der Waals surface area contributed by atoms with Crippen LogP contribution in [0.4, 0.5) is 0 Å². The Bertz CT molecular complexity index is 242. The van der Waals surface area contributed by atoms with E-state index in [0.717, 1.165) is 25.6 Å². The zero-order valence-corrected chi connectivity index (χ0v) is 9.83. The summed E-state index contributed by atoms with van der Waals surface area (Å²) in [5, 5.41) is 3.25. The first kappa shape index (κ1) is 10.9. The summed E-state index contributed by atoms with van der Waals surface area (Å²) in [4.78, 5) is 14.3. The molecule has 2 aliphatic rings. The maximum absolute atomic E-state index is 12.1. The van der Waals surface area contributed by atoms with Gasteiger partial charge in [-0.05, 0) is 31.7 Å². The van der Waals surface area contributed by atoms with E-state index in [1.165, 1.54) is 19.3 Å². The molecular weight excluding hydrogens is 188 g/mol. The normalized spacial score (nSPS) is 30.9. The molecule has 1 amide bonds. The second-order valence-corrected chi connectivity index (χ2v) is 5.03. The SMILES string of the molecule is CCNCC(C)C(=O)N1CC2CCC1C2. The van der Waals surface area contributed by atoms with Gasteiger partial charge in [-0.1, -0.05) is 13.8 Å². The number of likely N-dealkylation sites (tertiary alicyclic amines) is 1. The van der Waals surface area contributed by atoms with Crippen LogP contribution in [-0.2, 0) is 4.79 Å². The molecule has 2 bridgehead atoms. The van der Waals surface area contributed by atoms with E-state index in [9.17, 15) is 4.79 Å². The molecule has 2 fully saturated rings. The van der Waals surface area contributed by atoms with Crippen molar-refractivity contribution in [2.75, 3.05) is 19.6 Å². The average molecular weight is 210 g/mol. The fraction of sp³-hybridized carbons (Fsp3) is 0.917. The molecule has 1 aliphatic heterocycles. The average Bonchev–Trinajstić information content (AvgIpc) is 2.86. The van der Waals surface area contributed by atoms with Crippen LogP contribution in [0.1, 0.15) is 33.1 Å². The van der Waals surface area contributed by atoms with Gasteiger partial charge in [-0.2, -0.15) is 0 Å². The highest BCUT2D eigenvalue weighted by molar-refractivity contribution is 5.79. The lowest BCUT2D eigenvalue weighted by atomic mass is 10.1. The van der Waals surface area contributed by atoms with Crippen LogP contribution in [0, 0.1) is 11.8 Å². The third-order valence-corrected chi connectivity index (χ3v) is 3.81. The largest absolute Gasteiger partial charge is 0.339 e. The van der Waals surface area contributed by atoms with Crippen molar-refractivity contribution in [1.29, 1.82) is 0 Å². The zero-order valence-electron chi connectivity index (χ0n) is 9.83. The van der Waals surface area contributed by atoms with Crippen molar-refractivity contribution in [2.24, 2.45) is 11.8 Å². The number of fused-ring (bicyclic) bond motifs is 2. The van der Waals surface area contributed by atoms with Gasteiger partial charge in [-0.15, -0.1) is 0 Å². The van der Waals surface area contributed by atoms with Crippen LogP contribution in [-0.4, -0.2) is 36.5 Å². The molecule has 3 atom stereocenters. The van der Waals surface area contributed by atoms with Crippen molar-refractivity contribution >= 4 is 5.91 Å². The van der Waals surface area contributed by atoms with Crippen LogP contribution in [0.3, 0.4) is 0 Å². The number of rotatable bonds is 4. The number of nitrogens with one attached hydrogen (secondary N) is 1. The third-order valence-electron chi connectivity index (χ3n) is 3.81. The maximum atomic E-state index is 12.1. The Balaban J connectivity index is 1.85. The van der Waals surface area contributed by atoms with Gasteiger partial charge in [0.05, 0.1) is 0 Å². The lowest BCUT2D eigenvalue weighted by Gasteiger charge is -2.29. The Labute approximate surface area is 92.2 Å². The molecule has 1 aliphatic carbocycles. The summed E-state index contributed by atoms with van der Waals surface area (Å²) in [5.74, 6) is 1.32. The Morgan fingerprint density at radius 3 is 2.87 bits per heavy atom. The second-order valence-electron chi connectivity index (χ2n) is 5.03. The molecule has 3 heteroatoms. The van der Waals surface area contributed by atoms with Gasteiger partial charge in [0.15, 0.2) is 0 Å². The van der Waals surface area contributed by atoms with Gasteiger partial charge in [-0.25, -0.2) is 0 Å². The molecule has 86 valence electrons. The van der Waals surface area contributed by atoms with Crippen LogP contribution in [0.5, 0.6) is 0 Å². The van der Waals surface area contributed by atoms with E-state index in [1.54, 1.807) is 0 Å². The minimum absolute atomic E-state index is 0.143. The molecule has 15 heavy (non-hydrogen) atoms. The highest BCUT2D eigenvalue weighted by atomic mass is 16.2. The predicted molar refractivity (Wildman–Crippen MR) is 60.5 cm³/mol. The zero-order chi connectivity index (χ0) is 10.8. The van der Waals surface area contributed by atoms with Crippen molar-refractivity contribution in [2.45, 2.75) is 39.2 Å². The fourth-order valence-corrected chi connectivity index (χ4v) is 2.93. The summed E-state index contributed by atoms with van der Waals surface area (Å²) in [7, 11) is 0. The molecule has 0 spiro atoms. The van der Waals surface area contributed by atoms with E-state index in [1.807, 2.05) is 6.92 Å². The lowest BCUT2D eigenvalue weighted by molar-refractivity contribution is -0.136. The molecule has 0 aromatic rings. The highest BCUT2D eigenvalue weighted by Crippen LogP contribution is 2.37. The van der Waals surface area contributed by atoms with Crippen LogP contribution in [0.15, 0.2) is 0 Å². The molecular formula is C12H22N2O. The van der Waals surface area contributed by atoms with Crippen molar-refractivity contribution < 1.29 is 4.79 Å². The first-order chi connectivity index (χ1) is 7.22. The summed E-state index contributed by atoms with van der Waals surface area (Å²) in [6, 6.07) is 0.576. The number of piperidine rings is 1. The van der Waals surface area contributed by atoms with E-state index < -0.39 is 0 Å². The van der Waals surface area contributed by atoms with Crippen LogP contribution in [0.2, 0.25) is 0 Å². The van der Waals surface area contributed by atoms with Gasteiger partial charge >= 0.3 is 0 Å². The van der Waals surface area contributed by atoms with E-state index in [-0.39, 0.29) is 5.92 Å². The number of hydrogen-bond acceptors (Lipinski definition) is 2. The Kier molecular flexibility index (Phi) is 3.29. The van der Waals surface area contributed by atoms with Gasteiger partial charge in [0.1, 0.15) is 0 Å². The number of hydrogen-bond donors (Lipinski definition) is 1. The highest BCUT2D eigenvalue weighted by Gasteiger charge is 2.40. The first-order valence-corrected chi connectivity index (χ1v) is 6.23. The maximum Gasteiger partial charge on any atom is 0.226 e. The molecule has 3 unspecified atom stereocenters.